The molecule has 0 aliphatic carbocycles. The van der Waals surface area contributed by atoms with Crippen molar-refractivity contribution in [2.75, 3.05) is 12.4 Å². The first-order valence-electron chi connectivity index (χ1n) is 5.72. The quantitative estimate of drug-likeness (QED) is 0.423. The molecule has 21 heavy (non-hydrogen) atoms. The first kappa shape index (κ1) is 18.7. The van der Waals surface area contributed by atoms with Gasteiger partial charge in [0.25, 0.3) is 0 Å². The monoisotopic (exact) mass is 364 g/mol. The lowest BCUT2D eigenvalue weighted by molar-refractivity contribution is -0.109. The molecule has 0 saturated carbocycles. The Kier molecular flexibility index (Phi) is 6.93. The van der Waals surface area contributed by atoms with E-state index in [0.29, 0.717) is 16.7 Å². The molecule has 1 N–H and O–H groups in total. The van der Waals surface area contributed by atoms with Crippen molar-refractivity contribution in [3.8, 4) is 5.75 Å². The second-order valence-corrected chi connectivity index (χ2v) is 7.61. The Morgan fingerprint density at radius 1 is 1.33 bits per heavy atom. The summed E-state index contributed by atoms with van der Waals surface area (Å²) in [6.45, 7) is -1.55. The van der Waals surface area contributed by atoms with E-state index in [1.807, 2.05) is 0 Å². The van der Waals surface area contributed by atoms with Crippen LogP contribution in [0.5, 0.6) is 5.75 Å². The minimum atomic E-state index is -4.04. The fourth-order valence-electron chi connectivity index (χ4n) is 1.16. The minimum absolute atomic E-state index is 0.185. The third kappa shape index (κ3) is 6.52. The van der Waals surface area contributed by atoms with Gasteiger partial charge in [-0.3, -0.25) is 4.52 Å². The predicted octanol–water partition coefficient (Wildman–Crippen LogP) is 4.31. The van der Waals surface area contributed by atoms with Gasteiger partial charge >= 0.3 is 19.1 Å². The van der Waals surface area contributed by atoms with E-state index >= 15 is 0 Å². The smallest absolute Gasteiger partial charge is 0.377 e. The lowest BCUT2D eigenvalue weighted by atomic mass is 10.3. The van der Waals surface area contributed by atoms with E-state index in [0.717, 1.165) is 0 Å². The summed E-state index contributed by atoms with van der Waals surface area (Å²) in [5, 5.41) is 0. The summed E-state index contributed by atoms with van der Waals surface area (Å²) in [7, 11) is 0. The van der Waals surface area contributed by atoms with Crippen LogP contribution in [0.4, 0.5) is 17.6 Å². The Labute approximate surface area is 128 Å². The maximum atomic E-state index is 12.8. The van der Waals surface area contributed by atoms with Gasteiger partial charge in [-0.05, 0) is 31.2 Å². The molecule has 1 aromatic carbocycles. The number of thioether (sulfide) groups is 1. The molecule has 0 aliphatic heterocycles. The van der Waals surface area contributed by atoms with Gasteiger partial charge < -0.3 is 9.42 Å². The summed E-state index contributed by atoms with van der Waals surface area (Å²) in [6.07, 6.45) is -3.70. The van der Waals surface area contributed by atoms with E-state index in [2.05, 4.69) is 0 Å². The number of alkyl halides is 4. The number of benzene rings is 1. The molecule has 0 heterocycles. The van der Waals surface area contributed by atoms with Crippen molar-refractivity contribution in [3.05, 3.63) is 24.3 Å². The van der Waals surface area contributed by atoms with Crippen molar-refractivity contribution in [3.63, 3.8) is 0 Å². The highest BCUT2D eigenvalue weighted by Gasteiger charge is 2.40. The van der Waals surface area contributed by atoms with Crippen LogP contribution in [0.1, 0.15) is 6.92 Å². The number of rotatable bonds is 8. The van der Waals surface area contributed by atoms with E-state index in [4.69, 9.17) is 20.9 Å². The lowest BCUT2D eigenvalue weighted by Gasteiger charge is -2.16. The van der Waals surface area contributed by atoms with Crippen LogP contribution in [0, 0.1) is 0 Å². The molecule has 1 rings (SSSR count). The average Bonchev–Trinajstić information content (AvgIpc) is 2.37. The van der Waals surface area contributed by atoms with Gasteiger partial charge in [0.2, 0.25) is 0 Å². The van der Waals surface area contributed by atoms with Crippen LogP contribution in [-0.2, 0) is 16.3 Å². The summed E-state index contributed by atoms with van der Waals surface area (Å²) in [5.41, 5.74) is 0. The molecule has 0 radical (unpaired) electrons. The number of hydrogen-bond acceptors (Lipinski definition) is 4. The highest BCUT2D eigenvalue weighted by atomic mass is 32.5. The average molecular weight is 364 g/mol. The van der Waals surface area contributed by atoms with Gasteiger partial charge in [0.1, 0.15) is 5.75 Å². The third-order valence-corrected chi connectivity index (χ3v) is 4.79. The summed E-state index contributed by atoms with van der Waals surface area (Å²) >= 11 is 5.32. The van der Waals surface area contributed by atoms with Crippen LogP contribution in [0.3, 0.4) is 0 Å². The van der Waals surface area contributed by atoms with Crippen molar-refractivity contribution < 1.29 is 31.5 Å². The molecule has 1 aromatic rings. The van der Waals surface area contributed by atoms with Gasteiger partial charge in [-0.25, -0.2) is 8.78 Å². The maximum absolute atomic E-state index is 12.8. The molecule has 0 saturated heterocycles. The summed E-state index contributed by atoms with van der Waals surface area (Å²) < 4.78 is 59.5. The van der Waals surface area contributed by atoms with E-state index in [1.54, 1.807) is 6.92 Å². The molecular weight excluding hydrogens is 351 g/mol. The maximum Gasteiger partial charge on any atom is 0.377 e. The molecule has 1 unspecified atom stereocenters. The van der Waals surface area contributed by atoms with Gasteiger partial charge in [0.15, 0.2) is 0 Å². The molecule has 0 aromatic heterocycles. The van der Waals surface area contributed by atoms with Crippen LogP contribution in [0.2, 0.25) is 0 Å². The molecule has 0 fully saturated rings. The normalized spacial score (nSPS) is 15.0. The fraction of sp³-hybridized carbons (Fsp3) is 0.455. The van der Waals surface area contributed by atoms with Crippen molar-refractivity contribution in [2.45, 2.75) is 24.2 Å². The van der Waals surface area contributed by atoms with E-state index in [1.165, 1.54) is 24.3 Å². The molecule has 120 valence electrons. The zero-order valence-corrected chi connectivity index (χ0v) is 13.4. The number of halogens is 4. The fourth-order valence-corrected chi connectivity index (χ4v) is 3.32. The number of hydrogen-bond donors (Lipinski definition) is 1. The van der Waals surface area contributed by atoms with Crippen LogP contribution in [0.25, 0.3) is 0 Å². The standard InChI is InChI=1S/C11H13F4O3PS2/c1-2-17-19(16,20)18-8-3-5-9(6-4-8)21-7-11(14,15)10(12)13/h3-6,10H,2,7H2,1H3,(H,16,20). The topological polar surface area (TPSA) is 38.7 Å². The molecule has 3 nitrogen and oxygen atoms in total. The Bertz CT molecular complexity index is 499. The lowest BCUT2D eigenvalue weighted by Crippen LogP contribution is -2.29. The zero-order valence-electron chi connectivity index (χ0n) is 10.8. The van der Waals surface area contributed by atoms with Crippen LogP contribution < -0.4 is 4.52 Å². The van der Waals surface area contributed by atoms with Crippen molar-refractivity contribution >= 4 is 30.3 Å². The summed E-state index contributed by atoms with van der Waals surface area (Å²) in [6, 6.07) is 5.59. The van der Waals surface area contributed by atoms with Gasteiger partial charge in [0, 0.05) is 16.7 Å². The second-order valence-electron chi connectivity index (χ2n) is 3.80. The highest BCUT2D eigenvalue weighted by Crippen LogP contribution is 2.44. The second kappa shape index (κ2) is 7.78. The van der Waals surface area contributed by atoms with Gasteiger partial charge in [-0.1, -0.05) is 0 Å². The Hall–Kier alpha value is -0.340. The molecule has 10 heteroatoms. The van der Waals surface area contributed by atoms with Gasteiger partial charge in [0.05, 0.1) is 12.4 Å². The molecule has 0 amide bonds. The largest absolute Gasteiger partial charge is 0.424 e. The van der Waals surface area contributed by atoms with Gasteiger partial charge in [-0.2, -0.15) is 8.78 Å². The van der Waals surface area contributed by atoms with E-state index < -0.39 is 24.8 Å². The summed E-state index contributed by atoms with van der Waals surface area (Å²) in [4.78, 5) is 9.97. The van der Waals surface area contributed by atoms with Crippen LogP contribution in [-0.4, -0.2) is 29.6 Å². The van der Waals surface area contributed by atoms with Gasteiger partial charge in [-0.15, -0.1) is 11.8 Å². The zero-order chi connectivity index (χ0) is 16.1. The van der Waals surface area contributed by atoms with Crippen LogP contribution in [0.15, 0.2) is 29.2 Å². The van der Waals surface area contributed by atoms with E-state index in [9.17, 15) is 22.5 Å². The Morgan fingerprint density at radius 3 is 2.38 bits per heavy atom. The van der Waals surface area contributed by atoms with Crippen molar-refractivity contribution in [2.24, 2.45) is 0 Å². The minimum Gasteiger partial charge on any atom is -0.424 e. The molecular formula is C11H13F4O3PS2. The molecule has 0 bridgehead atoms. The summed E-state index contributed by atoms with van der Waals surface area (Å²) in [5.74, 6) is -4.86. The van der Waals surface area contributed by atoms with Crippen molar-refractivity contribution in [1.82, 2.24) is 0 Å². The third-order valence-electron chi connectivity index (χ3n) is 2.09. The first-order valence-corrected chi connectivity index (χ1v) is 9.29. The molecule has 0 aliphatic rings. The van der Waals surface area contributed by atoms with Crippen molar-refractivity contribution in [1.29, 1.82) is 0 Å². The predicted molar refractivity (Wildman–Crippen MR) is 76.9 cm³/mol. The molecule has 1 atom stereocenters. The molecule has 0 spiro atoms. The van der Waals surface area contributed by atoms with E-state index in [-0.39, 0.29) is 12.4 Å². The SMILES string of the molecule is CCOP(O)(=S)Oc1ccc(SCC(F)(F)C(F)F)cc1. The Morgan fingerprint density at radius 2 is 1.90 bits per heavy atom. The van der Waals surface area contributed by atoms with Crippen LogP contribution >= 0.6 is 18.5 Å². The Balaban J connectivity index is 2.61. The first-order chi connectivity index (χ1) is 9.66. The highest BCUT2D eigenvalue weighted by molar-refractivity contribution is 8.07.